The van der Waals surface area contributed by atoms with Crippen LogP contribution in [0.25, 0.3) is 0 Å². The molecule has 1 fully saturated rings. The van der Waals surface area contributed by atoms with Crippen molar-refractivity contribution in [1.82, 2.24) is 10.6 Å². The van der Waals surface area contributed by atoms with E-state index in [1.165, 1.54) is 0 Å². The van der Waals surface area contributed by atoms with E-state index in [4.69, 9.17) is 0 Å². The zero-order chi connectivity index (χ0) is 10.5. The van der Waals surface area contributed by atoms with E-state index in [2.05, 4.69) is 10.6 Å². The molecule has 2 rings (SSSR count). The Bertz CT molecular complexity index is 318. The monoisotopic (exact) mass is 204 g/mol. The number of carbonyl (C=O) groups is 1. The van der Waals surface area contributed by atoms with E-state index in [0.29, 0.717) is 6.42 Å². The minimum Gasteiger partial charge on any atom is -0.313 e. The maximum Gasteiger partial charge on any atom is 0.155 e. The van der Waals surface area contributed by atoms with Crippen LogP contribution in [-0.4, -0.2) is 31.5 Å². The fourth-order valence-electron chi connectivity index (χ4n) is 1.80. The fraction of sp³-hybridized carbons (Fsp3) is 0.417. The van der Waals surface area contributed by atoms with Crippen molar-refractivity contribution in [1.29, 1.82) is 0 Å². The zero-order valence-corrected chi connectivity index (χ0v) is 8.70. The molecule has 2 N–H and O–H groups in total. The average Bonchev–Trinajstić information content (AvgIpc) is 2.31. The molecule has 1 aromatic carbocycles. The molecule has 1 saturated heterocycles. The summed E-state index contributed by atoms with van der Waals surface area (Å²) in [6.45, 7) is 2.59. The van der Waals surface area contributed by atoms with Crippen LogP contribution < -0.4 is 10.6 Å². The van der Waals surface area contributed by atoms with Crippen LogP contribution in [0.2, 0.25) is 0 Å². The van der Waals surface area contributed by atoms with Crippen LogP contribution in [-0.2, 0) is 11.2 Å². The highest BCUT2D eigenvalue weighted by atomic mass is 16.1. The molecule has 15 heavy (non-hydrogen) atoms. The van der Waals surface area contributed by atoms with Crippen LogP contribution in [0.5, 0.6) is 0 Å². The van der Waals surface area contributed by atoms with E-state index in [1.807, 2.05) is 30.3 Å². The second-order valence-electron chi connectivity index (χ2n) is 3.84. The Hall–Kier alpha value is -1.19. The van der Waals surface area contributed by atoms with Gasteiger partial charge < -0.3 is 10.6 Å². The molecule has 1 unspecified atom stereocenters. The molecule has 3 nitrogen and oxygen atoms in total. The minimum absolute atomic E-state index is 0.0149. The average molecular weight is 204 g/mol. The molecule has 0 aromatic heterocycles. The molecule has 0 spiro atoms. The summed E-state index contributed by atoms with van der Waals surface area (Å²) in [5, 5.41) is 6.45. The van der Waals surface area contributed by atoms with Crippen molar-refractivity contribution >= 4 is 5.78 Å². The van der Waals surface area contributed by atoms with E-state index in [-0.39, 0.29) is 11.8 Å². The molecule has 0 radical (unpaired) electrons. The molecule has 0 bridgehead atoms. The van der Waals surface area contributed by atoms with Gasteiger partial charge in [0.15, 0.2) is 5.78 Å². The van der Waals surface area contributed by atoms with Crippen LogP contribution in [0.15, 0.2) is 30.3 Å². The van der Waals surface area contributed by atoms with Crippen molar-refractivity contribution in [2.45, 2.75) is 12.5 Å². The second-order valence-corrected chi connectivity index (χ2v) is 3.84. The largest absolute Gasteiger partial charge is 0.313 e. The third-order valence-corrected chi connectivity index (χ3v) is 2.65. The normalized spacial score (nSPS) is 21.2. The molecule has 1 atom stereocenters. The number of rotatable bonds is 3. The number of piperazine rings is 1. The minimum atomic E-state index is -0.0149. The lowest BCUT2D eigenvalue weighted by atomic mass is 10.0. The van der Waals surface area contributed by atoms with Crippen LogP contribution in [0.1, 0.15) is 5.56 Å². The first kappa shape index (κ1) is 10.3. The van der Waals surface area contributed by atoms with E-state index >= 15 is 0 Å². The molecule has 0 aliphatic carbocycles. The Balaban J connectivity index is 1.91. The summed E-state index contributed by atoms with van der Waals surface area (Å²) in [4.78, 5) is 11.9. The number of benzene rings is 1. The predicted molar refractivity (Wildman–Crippen MR) is 59.8 cm³/mol. The highest BCUT2D eigenvalue weighted by molar-refractivity contribution is 5.86. The van der Waals surface area contributed by atoms with Crippen molar-refractivity contribution in [3.05, 3.63) is 35.9 Å². The lowest BCUT2D eigenvalue weighted by Gasteiger charge is -2.23. The Labute approximate surface area is 89.9 Å². The van der Waals surface area contributed by atoms with Gasteiger partial charge in [-0.2, -0.15) is 0 Å². The quantitative estimate of drug-likeness (QED) is 0.747. The third kappa shape index (κ3) is 2.88. The molecule has 0 saturated carbocycles. The van der Waals surface area contributed by atoms with Crippen LogP contribution in [0.4, 0.5) is 0 Å². The Morgan fingerprint density at radius 2 is 2.07 bits per heavy atom. The number of hydrogen-bond donors (Lipinski definition) is 2. The number of Topliss-reactive ketones (excluding diaryl/α,β-unsaturated/α-hetero) is 1. The number of ketones is 1. The maximum atomic E-state index is 11.9. The number of hydrogen-bond acceptors (Lipinski definition) is 3. The van der Waals surface area contributed by atoms with Gasteiger partial charge in [-0.25, -0.2) is 0 Å². The van der Waals surface area contributed by atoms with Gasteiger partial charge in [-0.3, -0.25) is 4.79 Å². The Morgan fingerprint density at radius 1 is 1.27 bits per heavy atom. The summed E-state index contributed by atoms with van der Waals surface area (Å²) < 4.78 is 0. The second kappa shape index (κ2) is 5.05. The fourth-order valence-corrected chi connectivity index (χ4v) is 1.80. The van der Waals surface area contributed by atoms with E-state index in [9.17, 15) is 4.79 Å². The molecule has 1 heterocycles. The van der Waals surface area contributed by atoms with Gasteiger partial charge >= 0.3 is 0 Å². The van der Waals surface area contributed by atoms with Gasteiger partial charge in [0.25, 0.3) is 0 Å². The first-order valence-corrected chi connectivity index (χ1v) is 5.37. The Kier molecular flexibility index (Phi) is 3.48. The molecule has 1 aliphatic rings. The van der Waals surface area contributed by atoms with Crippen molar-refractivity contribution in [2.24, 2.45) is 0 Å². The summed E-state index contributed by atoms with van der Waals surface area (Å²) in [5.74, 6) is 0.272. The molecule has 1 aromatic rings. The molecule has 0 amide bonds. The van der Waals surface area contributed by atoms with Gasteiger partial charge in [0, 0.05) is 26.1 Å². The predicted octanol–water partition coefficient (Wildman–Crippen LogP) is 0.360. The molecular weight excluding hydrogens is 188 g/mol. The zero-order valence-electron chi connectivity index (χ0n) is 8.70. The number of nitrogens with one attached hydrogen (secondary N) is 2. The number of carbonyl (C=O) groups excluding carboxylic acids is 1. The first-order valence-electron chi connectivity index (χ1n) is 5.37. The van der Waals surface area contributed by atoms with Crippen molar-refractivity contribution in [3.63, 3.8) is 0 Å². The Morgan fingerprint density at radius 3 is 2.73 bits per heavy atom. The van der Waals surface area contributed by atoms with E-state index < -0.39 is 0 Å². The van der Waals surface area contributed by atoms with Crippen LogP contribution >= 0.6 is 0 Å². The summed E-state index contributed by atoms with van der Waals surface area (Å²) >= 11 is 0. The van der Waals surface area contributed by atoms with Gasteiger partial charge in [-0.05, 0) is 5.56 Å². The third-order valence-electron chi connectivity index (χ3n) is 2.65. The summed E-state index contributed by atoms with van der Waals surface area (Å²) in [7, 11) is 0. The lowest BCUT2D eigenvalue weighted by molar-refractivity contribution is -0.120. The standard InChI is InChI=1S/C12H16N2O/c15-12(11-9-13-6-7-14-11)8-10-4-2-1-3-5-10/h1-5,11,13-14H,6-9H2. The van der Waals surface area contributed by atoms with Gasteiger partial charge in [-0.15, -0.1) is 0 Å². The molecule has 1 aliphatic heterocycles. The van der Waals surface area contributed by atoms with Gasteiger partial charge in [0.2, 0.25) is 0 Å². The topological polar surface area (TPSA) is 41.1 Å². The van der Waals surface area contributed by atoms with Crippen molar-refractivity contribution < 1.29 is 4.79 Å². The van der Waals surface area contributed by atoms with Crippen LogP contribution in [0, 0.1) is 0 Å². The highest BCUT2D eigenvalue weighted by Gasteiger charge is 2.19. The van der Waals surface area contributed by atoms with Crippen molar-refractivity contribution in [2.75, 3.05) is 19.6 Å². The summed E-state index contributed by atoms with van der Waals surface area (Å²) in [6.07, 6.45) is 0.528. The SMILES string of the molecule is O=C(Cc1ccccc1)C1CNCCN1. The van der Waals surface area contributed by atoms with E-state index in [1.54, 1.807) is 0 Å². The van der Waals surface area contributed by atoms with Crippen molar-refractivity contribution in [3.8, 4) is 0 Å². The molecule has 3 heteroatoms. The van der Waals surface area contributed by atoms with Gasteiger partial charge in [0.1, 0.15) is 0 Å². The summed E-state index contributed by atoms with van der Waals surface area (Å²) in [5.41, 5.74) is 1.09. The lowest BCUT2D eigenvalue weighted by Crippen LogP contribution is -2.52. The van der Waals surface area contributed by atoms with E-state index in [0.717, 1.165) is 25.2 Å². The highest BCUT2D eigenvalue weighted by Crippen LogP contribution is 2.02. The molecular formula is C12H16N2O. The first-order chi connectivity index (χ1) is 7.36. The molecule has 80 valence electrons. The van der Waals surface area contributed by atoms with Gasteiger partial charge in [0.05, 0.1) is 6.04 Å². The van der Waals surface area contributed by atoms with Gasteiger partial charge in [-0.1, -0.05) is 30.3 Å². The maximum absolute atomic E-state index is 11.9. The van der Waals surface area contributed by atoms with Crippen LogP contribution in [0.3, 0.4) is 0 Å². The summed E-state index contributed by atoms with van der Waals surface area (Å²) in [6, 6.07) is 9.88. The smallest absolute Gasteiger partial charge is 0.155 e.